The zero-order valence-corrected chi connectivity index (χ0v) is 24.2. The number of nitrogens with zero attached hydrogens (tertiary/aromatic N) is 2. The molecular weight excluding hydrogens is 569 g/mol. The highest BCUT2D eigenvalue weighted by Gasteiger charge is 2.40. The summed E-state index contributed by atoms with van der Waals surface area (Å²) in [7, 11) is 1.59. The number of aryl methyl sites for hydroxylation is 1. The van der Waals surface area contributed by atoms with Gasteiger partial charge in [-0.05, 0) is 79.4 Å². The van der Waals surface area contributed by atoms with E-state index in [-0.39, 0.29) is 23.8 Å². The molecule has 0 saturated heterocycles. The van der Waals surface area contributed by atoms with Crippen LogP contribution in [0, 0.1) is 18.3 Å². The molecule has 0 aromatic heterocycles. The Hall–Kier alpha value is -3.63. The minimum absolute atomic E-state index is 0.0122. The molecule has 0 amide bonds. The second-order valence-corrected chi connectivity index (χ2v) is 10.9. The lowest BCUT2D eigenvalue weighted by atomic mass is 9.75. The molecule has 6 nitrogen and oxygen atoms in total. The SMILES string of the molecule is COc1ccc(C2C(C#N)=C(N)N(c3ccc(Cl)c(Cl)c3)C3=C2C(=O)CCC3)cc1COc1ccc(Cl)c(C)c1. The Kier molecular flexibility index (Phi) is 8.00. The van der Waals surface area contributed by atoms with Crippen LogP contribution in [-0.2, 0) is 11.4 Å². The number of carbonyl (C=O) groups is 1. The van der Waals surface area contributed by atoms with Crippen molar-refractivity contribution >= 4 is 46.3 Å². The number of rotatable bonds is 6. The zero-order valence-electron chi connectivity index (χ0n) is 21.9. The van der Waals surface area contributed by atoms with Gasteiger partial charge in [-0.2, -0.15) is 5.26 Å². The molecular formula is C31H26Cl3N3O3. The molecule has 1 aliphatic heterocycles. The number of anilines is 1. The van der Waals surface area contributed by atoms with E-state index < -0.39 is 5.92 Å². The summed E-state index contributed by atoms with van der Waals surface area (Å²) in [5.74, 6) is 0.904. The monoisotopic (exact) mass is 593 g/mol. The average Bonchev–Trinajstić information content (AvgIpc) is 2.94. The lowest BCUT2D eigenvalue weighted by Gasteiger charge is -2.39. The van der Waals surface area contributed by atoms with Crippen molar-refractivity contribution in [3.8, 4) is 17.6 Å². The standard InChI is InChI=1S/C31H26Cl3N3O3/c1-17-12-21(8-10-23(17)32)40-16-19-13-18(6-11-28(19)39-2)29-22(15-35)31(36)37(20-7-9-24(33)25(34)14-20)26-4-3-5-27(38)30(26)29/h6-14,29H,3-5,16,36H2,1-2H3. The molecule has 2 N–H and O–H groups in total. The second kappa shape index (κ2) is 11.5. The first-order chi connectivity index (χ1) is 19.2. The molecule has 0 saturated carbocycles. The Morgan fingerprint density at radius 3 is 2.50 bits per heavy atom. The summed E-state index contributed by atoms with van der Waals surface area (Å²) in [6, 6.07) is 18.5. The van der Waals surface area contributed by atoms with Crippen LogP contribution in [0.3, 0.4) is 0 Å². The fourth-order valence-electron chi connectivity index (χ4n) is 5.30. The van der Waals surface area contributed by atoms with Gasteiger partial charge in [0.25, 0.3) is 0 Å². The number of hydrogen-bond donors (Lipinski definition) is 1. The molecule has 2 aliphatic rings. The fraction of sp³-hybridized carbons (Fsp3) is 0.226. The first-order valence-corrected chi connectivity index (χ1v) is 13.8. The van der Waals surface area contributed by atoms with Crippen LogP contribution in [0.5, 0.6) is 11.5 Å². The lowest BCUT2D eigenvalue weighted by molar-refractivity contribution is -0.116. The van der Waals surface area contributed by atoms with Crippen molar-refractivity contribution in [3.63, 3.8) is 0 Å². The Balaban J connectivity index is 1.60. The number of hydrogen-bond acceptors (Lipinski definition) is 6. The number of halogens is 3. The minimum atomic E-state index is -0.630. The number of nitriles is 1. The number of carbonyl (C=O) groups excluding carboxylic acids is 1. The van der Waals surface area contributed by atoms with Gasteiger partial charge >= 0.3 is 0 Å². The highest BCUT2D eigenvalue weighted by atomic mass is 35.5. The van der Waals surface area contributed by atoms with Crippen molar-refractivity contribution in [3.05, 3.63) is 109 Å². The number of ether oxygens (including phenoxy) is 2. The lowest BCUT2D eigenvalue weighted by Crippen LogP contribution is -2.38. The van der Waals surface area contributed by atoms with Gasteiger partial charge in [0, 0.05) is 34.0 Å². The van der Waals surface area contributed by atoms with Gasteiger partial charge in [0.2, 0.25) is 0 Å². The van der Waals surface area contributed by atoms with E-state index in [9.17, 15) is 10.1 Å². The topological polar surface area (TPSA) is 88.6 Å². The van der Waals surface area contributed by atoms with Crippen molar-refractivity contribution in [2.24, 2.45) is 5.73 Å². The fourth-order valence-corrected chi connectivity index (χ4v) is 5.71. The quantitative estimate of drug-likeness (QED) is 0.313. The van der Waals surface area contributed by atoms with Crippen LogP contribution < -0.4 is 20.1 Å². The van der Waals surface area contributed by atoms with Crippen LogP contribution in [0.2, 0.25) is 15.1 Å². The maximum Gasteiger partial charge on any atom is 0.161 e. The second-order valence-electron chi connectivity index (χ2n) is 9.69. The Bertz CT molecular complexity index is 1620. The molecule has 1 unspecified atom stereocenters. The molecule has 0 bridgehead atoms. The third kappa shape index (κ3) is 5.13. The van der Waals surface area contributed by atoms with E-state index in [1.54, 1.807) is 42.3 Å². The van der Waals surface area contributed by atoms with Gasteiger partial charge in [-0.1, -0.05) is 40.9 Å². The maximum atomic E-state index is 13.5. The van der Waals surface area contributed by atoms with Crippen molar-refractivity contribution in [2.45, 2.75) is 38.7 Å². The van der Waals surface area contributed by atoms with Crippen molar-refractivity contribution in [2.75, 3.05) is 12.0 Å². The Morgan fingerprint density at radius 2 is 1.80 bits per heavy atom. The van der Waals surface area contributed by atoms with Gasteiger partial charge in [-0.3, -0.25) is 9.69 Å². The van der Waals surface area contributed by atoms with E-state index in [4.69, 9.17) is 50.0 Å². The number of methoxy groups -OCH3 is 1. The third-order valence-electron chi connectivity index (χ3n) is 7.24. The van der Waals surface area contributed by atoms with Crippen LogP contribution in [0.15, 0.2) is 77.3 Å². The summed E-state index contributed by atoms with van der Waals surface area (Å²) in [5.41, 5.74) is 11.4. The molecule has 0 fully saturated rings. The molecule has 204 valence electrons. The first kappa shape index (κ1) is 27.9. The predicted molar refractivity (Wildman–Crippen MR) is 158 cm³/mol. The third-order valence-corrected chi connectivity index (χ3v) is 8.40. The molecule has 3 aromatic rings. The van der Waals surface area contributed by atoms with Crippen molar-refractivity contribution < 1.29 is 14.3 Å². The van der Waals surface area contributed by atoms with E-state index in [1.807, 2.05) is 31.2 Å². The largest absolute Gasteiger partial charge is 0.496 e. The van der Waals surface area contributed by atoms with Crippen molar-refractivity contribution in [1.29, 1.82) is 5.26 Å². The number of nitrogens with two attached hydrogens (primary N) is 1. The molecule has 1 aliphatic carbocycles. The first-order valence-electron chi connectivity index (χ1n) is 12.7. The highest BCUT2D eigenvalue weighted by Crippen LogP contribution is 2.47. The summed E-state index contributed by atoms with van der Waals surface area (Å²) in [4.78, 5) is 15.3. The predicted octanol–water partition coefficient (Wildman–Crippen LogP) is 7.85. The van der Waals surface area contributed by atoms with Gasteiger partial charge in [-0.15, -0.1) is 0 Å². The molecule has 3 aromatic carbocycles. The van der Waals surface area contributed by atoms with Gasteiger partial charge in [0.05, 0.1) is 34.7 Å². The molecule has 40 heavy (non-hydrogen) atoms. The summed E-state index contributed by atoms with van der Waals surface area (Å²) >= 11 is 18.6. The maximum absolute atomic E-state index is 13.5. The normalized spacial score (nSPS) is 17.1. The number of allylic oxidation sites excluding steroid dienone is 3. The molecule has 0 radical (unpaired) electrons. The van der Waals surface area contributed by atoms with Crippen LogP contribution >= 0.6 is 34.8 Å². The highest BCUT2D eigenvalue weighted by molar-refractivity contribution is 6.42. The number of benzene rings is 3. The molecule has 1 heterocycles. The average molecular weight is 595 g/mol. The molecule has 5 rings (SSSR count). The molecule has 9 heteroatoms. The summed E-state index contributed by atoms with van der Waals surface area (Å²) in [5, 5.41) is 11.8. The van der Waals surface area contributed by atoms with E-state index >= 15 is 0 Å². The minimum Gasteiger partial charge on any atom is -0.496 e. The molecule has 1 atom stereocenters. The van der Waals surface area contributed by atoms with Gasteiger partial charge < -0.3 is 15.2 Å². The summed E-state index contributed by atoms with van der Waals surface area (Å²) in [6.45, 7) is 2.12. The van der Waals surface area contributed by atoms with Crippen molar-refractivity contribution in [1.82, 2.24) is 0 Å². The Morgan fingerprint density at radius 1 is 1.02 bits per heavy atom. The van der Waals surface area contributed by atoms with E-state index in [1.165, 1.54) is 0 Å². The van der Waals surface area contributed by atoms with Crippen LogP contribution in [-0.4, -0.2) is 12.9 Å². The van der Waals surface area contributed by atoms with Gasteiger partial charge in [-0.25, -0.2) is 0 Å². The number of ketones is 1. The smallest absolute Gasteiger partial charge is 0.161 e. The van der Waals surface area contributed by atoms with Gasteiger partial charge in [0.15, 0.2) is 5.78 Å². The van der Waals surface area contributed by atoms with E-state index in [0.717, 1.165) is 22.4 Å². The van der Waals surface area contributed by atoms with E-state index in [0.29, 0.717) is 57.1 Å². The van der Waals surface area contributed by atoms with Gasteiger partial charge in [0.1, 0.15) is 23.9 Å². The zero-order chi connectivity index (χ0) is 28.6. The van der Waals surface area contributed by atoms with Crippen LogP contribution in [0.25, 0.3) is 0 Å². The van der Waals surface area contributed by atoms with E-state index in [2.05, 4.69) is 6.07 Å². The van der Waals surface area contributed by atoms with Crippen LogP contribution in [0.1, 0.15) is 41.9 Å². The Labute approximate surface area is 248 Å². The number of Topliss-reactive ketones (excluding diaryl/α,β-unsaturated/α-hetero) is 1. The van der Waals surface area contributed by atoms with Crippen LogP contribution in [0.4, 0.5) is 5.69 Å². The summed E-state index contributed by atoms with van der Waals surface area (Å²) < 4.78 is 11.7. The molecule has 0 spiro atoms. The summed E-state index contributed by atoms with van der Waals surface area (Å²) in [6.07, 6.45) is 1.70.